The summed E-state index contributed by atoms with van der Waals surface area (Å²) < 4.78 is 6.50. The van der Waals surface area contributed by atoms with E-state index >= 15 is 0 Å². The predicted molar refractivity (Wildman–Crippen MR) is 136 cm³/mol. The highest BCUT2D eigenvalue weighted by atomic mass is 35.5. The van der Waals surface area contributed by atoms with E-state index in [4.69, 9.17) is 11.6 Å². The average molecular weight is 471 g/mol. The molecule has 1 amide bonds. The SMILES string of the molecule is C/C=C(\c1cc(Cl)ccc1CC1C=CC=CN1)[C@@H](NC(C)=O)c1c(C)ncn1C.CCOC. The lowest BCUT2D eigenvalue weighted by Crippen LogP contribution is -2.30. The quantitative estimate of drug-likeness (QED) is 0.604. The van der Waals surface area contributed by atoms with Crippen molar-refractivity contribution in [2.24, 2.45) is 7.05 Å². The minimum Gasteiger partial charge on any atom is -0.385 e. The van der Waals surface area contributed by atoms with Crippen molar-refractivity contribution in [1.29, 1.82) is 0 Å². The molecule has 0 saturated heterocycles. The zero-order chi connectivity index (χ0) is 24.4. The van der Waals surface area contributed by atoms with Crippen molar-refractivity contribution in [3.05, 3.63) is 82.6 Å². The molecule has 0 spiro atoms. The Morgan fingerprint density at radius 3 is 2.64 bits per heavy atom. The number of hydrogen-bond acceptors (Lipinski definition) is 4. The molecule has 0 aliphatic carbocycles. The molecule has 2 aromatic rings. The maximum atomic E-state index is 12.1. The summed E-state index contributed by atoms with van der Waals surface area (Å²) in [4.78, 5) is 16.5. The second-order valence-corrected chi connectivity index (χ2v) is 8.24. The molecule has 33 heavy (non-hydrogen) atoms. The lowest BCUT2D eigenvalue weighted by molar-refractivity contribution is -0.119. The Kier molecular flexibility index (Phi) is 10.4. The maximum Gasteiger partial charge on any atom is 0.217 e. The Labute approximate surface area is 202 Å². The standard InChI is InChI=1S/C23H27ClN4O.C3H8O/c1-5-20(22(27-16(3)29)23-15(2)26-14-28(23)4)21-13-18(24)10-9-17(21)12-19-8-6-7-11-25-19;1-3-4-2/h5-11,13-14,19,22,25H,12H2,1-4H3,(H,27,29);3H2,1-2H3/b20-5+;/t19?,22-;/m1./s1. The van der Waals surface area contributed by atoms with Crippen LogP contribution < -0.4 is 10.6 Å². The minimum absolute atomic E-state index is 0.0967. The highest BCUT2D eigenvalue weighted by Gasteiger charge is 2.26. The molecule has 2 atom stereocenters. The highest BCUT2D eigenvalue weighted by molar-refractivity contribution is 6.30. The molecule has 0 bridgehead atoms. The number of nitrogens with one attached hydrogen (secondary N) is 2. The number of allylic oxidation sites excluding steroid dienone is 3. The molecule has 6 nitrogen and oxygen atoms in total. The van der Waals surface area contributed by atoms with Crippen molar-refractivity contribution >= 4 is 23.1 Å². The van der Waals surface area contributed by atoms with Crippen LogP contribution >= 0.6 is 11.6 Å². The summed E-state index contributed by atoms with van der Waals surface area (Å²) in [5, 5.41) is 7.15. The minimum atomic E-state index is -0.322. The van der Waals surface area contributed by atoms with Gasteiger partial charge < -0.3 is 19.9 Å². The van der Waals surface area contributed by atoms with E-state index in [1.807, 2.05) is 68.9 Å². The topological polar surface area (TPSA) is 68.2 Å². The Morgan fingerprint density at radius 1 is 1.39 bits per heavy atom. The van der Waals surface area contributed by atoms with Crippen LogP contribution in [0.3, 0.4) is 0 Å². The number of methoxy groups -OCH3 is 1. The van der Waals surface area contributed by atoms with Gasteiger partial charge >= 0.3 is 0 Å². The summed E-state index contributed by atoms with van der Waals surface area (Å²) in [6, 6.07) is 5.84. The highest BCUT2D eigenvalue weighted by Crippen LogP contribution is 2.35. The van der Waals surface area contributed by atoms with Gasteiger partial charge in [0.05, 0.1) is 23.8 Å². The number of dihydropyridines is 1. The van der Waals surface area contributed by atoms with E-state index in [0.717, 1.165) is 41.1 Å². The van der Waals surface area contributed by atoms with Crippen molar-refractivity contribution < 1.29 is 9.53 Å². The molecule has 1 aliphatic heterocycles. The van der Waals surface area contributed by atoms with Crippen LogP contribution in [0.4, 0.5) is 0 Å². The molecule has 2 N–H and O–H groups in total. The van der Waals surface area contributed by atoms with Gasteiger partial charge in [0.1, 0.15) is 0 Å². The van der Waals surface area contributed by atoms with Gasteiger partial charge in [-0.05, 0) is 68.3 Å². The number of halogens is 1. The summed E-state index contributed by atoms with van der Waals surface area (Å²) in [6.07, 6.45) is 12.8. The van der Waals surface area contributed by atoms with Crippen molar-refractivity contribution in [3.8, 4) is 0 Å². The predicted octanol–water partition coefficient (Wildman–Crippen LogP) is 4.90. The molecule has 0 saturated carbocycles. The summed E-state index contributed by atoms with van der Waals surface area (Å²) in [5.41, 5.74) is 5.04. The van der Waals surface area contributed by atoms with Crippen LogP contribution in [0, 0.1) is 6.92 Å². The second-order valence-electron chi connectivity index (χ2n) is 7.80. The van der Waals surface area contributed by atoms with Crippen molar-refractivity contribution in [2.45, 2.75) is 46.2 Å². The van der Waals surface area contributed by atoms with Gasteiger partial charge in [0, 0.05) is 38.8 Å². The average Bonchev–Trinajstić information content (AvgIpc) is 3.13. The van der Waals surface area contributed by atoms with Gasteiger partial charge in [-0.1, -0.05) is 35.9 Å². The molecule has 1 unspecified atom stereocenters. The Balaban J connectivity index is 0.000000890. The molecule has 0 radical (unpaired) electrons. The lowest BCUT2D eigenvalue weighted by atomic mass is 9.88. The number of imidazole rings is 1. The van der Waals surface area contributed by atoms with E-state index in [1.54, 1.807) is 13.4 Å². The van der Waals surface area contributed by atoms with Gasteiger partial charge in [-0.2, -0.15) is 0 Å². The second kappa shape index (κ2) is 13.0. The van der Waals surface area contributed by atoms with Gasteiger partial charge in [0.25, 0.3) is 0 Å². The summed E-state index contributed by atoms with van der Waals surface area (Å²) in [5.74, 6) is -0.0967. The van der Waals surface area contributed by atoms with Gasteiger partial charge in [0.15, 0.2) is 0 Å². The third-order valence-electron chi connectivity index (χ3n) is 5.39. The van der Waals surface area contributed by atoms with E-state index in [0.29, 0.717) is 5.02 Å². The molecule has 7 heteroatoms. The van der Waals surface area contributed by atoms with E-state index < -0.39 is 0 Å². The number of hydrogen-bond donors (Lipinski definition) is 2. The first-order valence-corrected chi connectivity index (χ1v) is 11.5. The molecular formula is C26H35ClN4O2. The number of aryl methyl sites for hydroxylation is 2. The Bertz CT molecular complexity index is 1000. The van der Waals surface area contributed by atoms with Crippen molar-refractivity contribution in [3.63, 3.8) is 0 Å². The molecule has 178 valence electrons. The smallest absolute Gasteiger partial charge is 0.217 e. The first kappa shape index (κ1) is 26.4. The van der Waals surface area contributed by atoms with Gasteiger partial charge in [-0.15, -0.1) is 0 Å². The summed E-state index contributed by atoms with van der Waals surface area (Å²) in [6.45, 7) is 8.26. The van der Waals surface area contributed by atoms with Crippen LogP contribution in [0.5, 0.6) is 0 Å². The fourth-order valence-corrected chi connectivity index (χ4v) is 3.96. The van der Waals surface area contributed by atoms with Crippen LogP contribution in [-0.4, -0.2) is 35.2 Å². The molecular weight excluding hydrogens is 436 g/mol. The third-order valence-corrected chi connectivity index (χ3v) is 5.63. The molecule has 1 aliphatic rings. The number of rotatable bonds is 7. The number of carbonyl (C=O) groups excluding carboxylic acids is 1. The van der Waals surface area contributed by atoms with Crippen LogP contribution in [0.15, 0.2) is 55.0 Å². The van der Waals surface area contributed by atoms with Gasteiger partial charge in [-0.3, -0.25) is 4.79 Å². The van der Waals surface area contributed by atoms with E-state index in [2.05, 4.69) is 32.5 Å². The number of aromatic nitrogens is 2. The first-order chi connectivity index (χ1) is 15.8. The Hall–Kier alpha value is -2.83. The molecule has 0 fully saturated rings. The fourth-order valence-electron chi connectivity index (χ4n) is 3.79. The number of benzene rings is 1. The van der Waals surface area contributed by atoms with Gasteiger partial charge in [0.2, 0.25) is 5.91 Å². The normalized spacial score (nSPS) is 16.0. The molecule has 1 aromatic heterocycles. The van der Waals surface area contributed by atoms with Crippen LogP contribution in [-0.2, 0) is 23.0 Å². The molecule has 3 rings (SSSR count). The zero-order valence-corrected chi connectivity index (χ0v) is 21.1. The van der Waals surface area contributed by atoms with E-state index in [9.17, 15) is 4.79 Å². The third kappa shape index (κ3) is 7.34. The fraction of sp³-hybridized carbons (Fsp3) is 0.385. The Morgan fingerprint density at radius 2 is 2.12 bits per heavy atom. The molecule has 2 heterocycles. The van der Waals surface area contributed by atoms with Crippen LogP contribution in [0.1, 0.15) is 49.3 Å². The zero-order valence-electron chi connectivity index (χ0n) is 20.4. The summed E-state index contributed by atoms with van der Waals surface area (Å²) >= 11 is 6.39. The van der Waals surface area contributed by atoms with Crippen LogP contribution in [0.25, 0.3) is 5.57 Å². The van der Waals surface area contributed by atoms with E-state index in [-0.39, 0.29) is 18.0 Å². The number of ether oxygens (including phenoxy) is 1. The maximum absolute atomic E-state index is 12.1. The van der Waals surface area contributed by atoms with Crippen molar-refractivity contribution in [2.75, 3.05) is 13.7 Å². The largest absolute Gasteiger partial charge is 0.385 e. The number of nitrogens with zero attached hydrogens (tertiary/aromatic N) is 2. The number of amides is 1. The molecule has 1 aromatic carbocycles. The lowest BCUT2D eigenvalue weighted by Gasteiger charge is -2.26. The van der Waals surface area contributed by atoms with Crippen LogP contribution in [0.2, 0.25) is 5.02 Å². The van der Waals surface area contributed by atoms with E-state index in [1.165, 1.54) is 6.92 Å². The van der Waals surface area contributed by atoms with Crippen molar-refractivity contribution in [1.82, 2.24) is 20.2 Å². The monoisotopic (exact) mass is 470 g/mol. The number of carbonyl (C=O) groups is 1. The summed E-state index contributed by atoms with van der Waals surface area (Å²) in [7, 11) is 3.62. The van der Waals surface area contributed by atoms with Gasteiger partial charge in [-0.25, -0.2) is 4.98 Å². The first-order valence-electron chi connectivity index (χ1n) is 11.1.